The van der Waals surface area contributed by atoms with E-state index in [1.54, 1.807) is 19.1 Å². The number of benzene rings is 1. The van der Waals surface area contributed by atoms with Gasteiger partial charge in [-0.3, -0.25) is 14.9 Å². The highest BCUT2D eigenvalue weighted by atomic mass is 16.6. The number of fused-ring (bicyclic) bond motifs is 3. The Labute approximate surface area is 103 Å². The monoisotopic (exact) mass is 248 g/mol. The van der Waals surface area contributed by atoms with Gasteiger partial charge in [-0.1, -0.05) is 19.1 Å². The molecule has 3 rings (SSSR count). The fourth-order valence-corrected chi connectivity index (χ4v) is 2.46. The summed E-state index contributed by atoms with van der Waals surface area (Å²) >= 11 is 0. The normalized spacial score (nSPS) is 24.2. The smallest absolute Gasteiger partial charge is 0.293 e. The Balaban J connectivity index is 2.15. The number of carbonyl (C=O) groups excluding carboxylic acids is 1. The van der Waals surface area contributed by atoms with Crippen LogP contribution in [-0.2, 0) is 9.53 Å². The number of ether oxygens (including phenoxy) is 1. The van der Waals surface area contributed by atoms with Crippen LogP contribution in [0.4, 0.5) is 11.4 Å². The molecule has 0 unspecified atom stereocenters. The first-order valence-electron chi connectivity index (χ1n) is 5.86. The Hall–Kier alpha value is -1.95. The number of nitro benzene ring substituents is 1. The number of rotatable bonds is 2. The zero-order chi connectivity index (χ0) is 12.9. The average Bonchev–Trinajstić information content (AvgIpc) is 3.15. The van der Waals surface area contributed by atoms with Crippen LogP contribution in [-0.4, -0.2) is 23.5 Å². The molecule has 18 heavy (non-hydrogen) atoms. The molecule has 1 fully saturated rings. The lowest BCUT2D eigenvalue weighted by molar-refractivity contribution is -0.384. The molecule has 1 aromatic carbocycles. The molecule has 6 heteroatoms. The summed E-state index contributed by atoms with van der Waals surface area (Å²) in [5.41, 5.74) is 1.14. The van der Waals surface area contributed by atoms with Crippen molar-refractivity contribution < 1.29 is 14.5 Å². The highest BCUT2D eigenvalue weighted by Gasteiger charge is 2.50. The first-order chi connectivity index (χ1) is 8.63. The summed E-state index contributed by atoms with van der Waals surface area (Å²) in [6.07, 6.45) is 0.235. The first kappa shape index (κ1) is 11.2. The summed E-state index contributed by atoms with van der Waals surface area (Å²) in [7, 11) is 0. The van der Waals surface area contributed by atoms with Gasteiger partial charge in [0.1, 0.15) is 17.9 Å². The third kappa shape index (κ3) is 1.49. The summed E-state index contributed by atoms with van der Waals surface area (Å²) < 4.78 is 5.45. The van der Waals surface area contributed by atoms with Crippen molar-refractivity contribution in [1.82, 2.24) is 0 Å². The minimum absolute atomic E-state index is 0.00463. The van der Waals surface area contributed by atoms with E-state index in [1.165, 1.54) is 11.0 Å². The van der Waals surface area contributed by atoms with Crippen LogP contribution in [0, 0.1) is 10.1 Å². The molecule has 0 N–H and O–H groups in total. The minimum atomic E-state index is -0.447. The number of hydrogen-bond acceptors (Lipinski definition) is 4. The molecular weight excluding hydrogens is 236 g/mol. The van der Waals surface area contributed by atoms with Crippen molar-refractivity contribution in [3.05, 3.63) is 33.9 Å². The molecule has 2 aliphatic rings. The van der Waals surface area contributed by atoms with Crippen LogP contribution >= 0.6 is 0 Å². The fourth-order valence-electron chi connectivity index (χ4n) is 2.46. The van der Waals surface area contributed by atoms with Gasteiger partial charge < -0.3 is 9.64 Å². The highest BCUT2D eigenvalue weighted by Crippen LogP contribution is 2.50. The third-order valence-electron chi connectivity index (χ3n) is 3.37. The van der Waals surface area contributed by atoms with Crippen LogP contribution in [0.5, 0.6) is 0 Å². The molecule has 1 saturated heterocycles. The summed E-state index contributed by atoms with van der Waals surface area (Å²) in [4.78, 5) is 24.0. The molecule has 0 spiro atoms. The third-order valence-corrected chi connectivity index (χ3v) is 3.37. The van der Waals surface area contributed by atoms with E-state index in [2.05, 4.69) is 0 Å². The van der Waals surface area contributed by atoms with E-state index in [9.17, 15) is 14.9 Å². The highest BCUT2D eigenvalue weighted by molar-refractivity contribution is 5.97. The van der Waals surface area contributed by atoms with Gasteiger partial charge in [0.25, 0.3) is 5.69 Å². The van der Waals surface area contributed by atoms with Crippen molar-refractivity contribution in [2.24, 2.45) is 0 Å². The van der Waals surface area contributed by atoms with Crippen LogP contribution < -0.4 is 4.90 Å². The molecule has 94 valence electrons. The van der Waals surface area contributed by atoms with E-state index in [0.717, 1.165) is 5.56 Å². The molecule has 1 aromatic rings. The van der Waals surface area contributed by atoms with Gasteiger partial charge in [-0.15, -0.1) is 0 Å². The summed E-state index contributed by atoms with van der Waals surface area (Å²) in [5.74, 6) is -0.112. The van der Waals surface area contributed by atoms with Gasteiger partial charge in [0.2, 0.25) is 5.91 Å². The maximum atomic E-state index is 11.9. The van der Waals surface area contributed by atoms with Crippen molar-refractivity contribution in [3.63, 3.8) is 0 Å². The molecule has 0 aliphatic carbocycles. The van der Waals surface area contributed by atoms with Gasteiger partial charge in [-0.05, 0) is 0 Å². The summed E-state index contributed by atoms with van der Waals surface area (Å²) in [6, 6.07) is 4.86. The van der Waals surface area contributed by atoms with Crippen LogP contribution in [0.25, 0.3) is 0 Å². The van der Waals surface area contributed by atoms with Crippen molar-refractivity contribution >= 4 is 17.3 Å². The number of anilines is 1. The number of nitrogens with zero attached hydrogens (tertiary/aromatic N) is 2. The second-order valence-electron chi connectivity index (χ2n) is 4.43. The summed E-state index contributed by atoms with van der Waals surface area (Å²) in [6.45, 7) is 2.16. The van der Waals surface area contributed by atoms with Crippen LogP contribution in [0.1, 0.15) is 25.0 Å². The molecule has 6 nitrogen and oxygen atoms in total. The number of para-hydroxylation sites is 1. The number of nitro groups is 1. The molecule has 2 aliphatic heterocycles. The molecule has 0 aromatic heterocycles. The SMILES string of the molecule is CCC(=O)N1C[C@@H]2O[C@@H]2c2cccc([N+](=O)[O-])c21. The molecule has 2 heterocycles. The summed E-state index contributed by atoms with van der Waals surface area (Å²) in [5, 5.41) is 11.1. The van der Waals surface area contributed by atoms with E-state index >= 15 is 0 Å². The Bertz CT molecular complexity index is 543. The van der Waals surface area contributed by atoms with E-state index in [1.807, 2.05) is 0 Å². The number of carbonyl (C=O) groups is 1. The fraction of sp³-hybridized carbons (Fsp3) is 0.417. The van der Waals surface area contributed by atoms with Crippen molar-refractivity contribution in [3.8, 4) is 0 Å². The van der Waals surface area contributed by atoms with Crippen LogP contribution in [0.15, 0.2) is 18.2 Å². The molecule has 0 bridgehead atoms. The maximum Gasteiger partial charge on any atom is 0.293 e. The second kappa shape index (κ2) is 3.78. The zero-order valence-corrected chi connectivity index (χ0v) is 9.83. The standard InChI is InChI=1S/C12H12N2O4/c1-2-10(15)13-6-9-12(18-9)7-4-3-5-8(11(7)13)14(16)17/h3-5,9,12H,2,6H2,1H3/t9-,12+/m0/s1. The predicted molar refractivity (Wildman–Crippen MR) is 63.4 cm³/mol. The quantitative estimate of drug-likeness (QED) is 0.454. The lowest BCUT2D eigenvalue weighted by atomic mass is 10.00. The molecule has 0 radical (unpaired) electrons. The largest absolute Gasteiger partial charge is 0.362 e. The van der Waals surface area contributed by atoms with Gasteiger partial charge in [-0.2, -0.15) is 0 Å². The molecule has 1 amide bonds. The van der Waals surface area contributed by atoms with Crippen molar-refractivity contribution in [1.29, 1.82) is 0 Å². The van der Waals surface area contributed by atoms with E-state index in [-0.39, 0.29) is 23.8 Å². The molecular formula is C12H12N2O4. The second-order valence-corrected chi connectivity index (χ2v) is 4.43. The first-order valence-corrected chi connectivity index (χ1v) is 5.86. The van der Waals surface area contributed by atoms with Crippen molar-refractivity contribution in [2.75, 3.05) is 11.4 Å². The number of amides is 1. The van der Waals surface area contributed by atoms with E-state index in [0.29, 0.717) is 18.7 Å². The Kier molecular flexibility index (Phi) is 2.34. The average molecular weight is 248 g/mol. The van der Waals surface area contributed by atoms with Gasteiger partial charge in [-0.25, -0.2) is 0 Å². The Morgan fingerprint density at radius 3 is 3.06 bits per heavy atom. The molecule has 2 atom stereocenters. The lowest BCUT2D eigenvalue weighted by Gasteiger charge is -2.26. The number of epoxide rings is 1. The zero-order valence-electron chi connectivity index (χ0n) is 9.83. The predicted octanol–water partition coefficient (Wildman–Crippen LogP) is 1.79. The number of hydrogen-bond donors (Lipinski definition) is 0. The Morgan fingerprint density at radius 1 is 1.61 bits per heavy atom. The van der Waals surface area contributed by atoms with E-state index < -0.39 is 4.92 Å². The molecule has 0 saturated carbocycles. The van der Waals surface area contributed by atoms with Crippen molar-refractivity contribution in [2.45, 2.75) is 25.6 Å². The van der Waals surface area contributed by atoms with E-state index in [4.69, 9.17) is 4.74 Å². The van der Waals surface area contributed by atoms with Gasteiger partial charge in [0.15, 0.2) is 0 Å². The van der Waals surface area contributed by atoms with Gasteiger partial charge >= 0.3 is 0 Å². The van der Waals surface area contributed by atoms with Gasteiger partial charge in [0, 0.05) is 18.1 Å². The Morgan fingerprint density at radius 2 is 2.39 bits per heavy atom. The van der Waals surface area contributed by atoms with Crippen LogP contribution in [0.2, 0.25) is 0 Å². The maximum absolute atomic E-state index is 11.9. The topological polar surface area (TPSA) is 76.0 Å². The van der Waals surface area contributed by atoms with Crippen LogP contribution in [0.3, 0.4) is 0 Å². The lowest BCUT2D eigenvalue weighted by Crippen LogP contribution is -2.37. The minimum Gasteiger partial charge on any atom is -0.362 e. The van der Waals surface area contributed by atoms with Gasteiger partial charge in [0.05, 0.1) is 11.5 Å².